The first-order valence-corrected chi connectivity index (χ1v) is 3.38. The highest BCUT2D eigenvalue weighted by Crippen LogP contribution is 2.34. The smallest absolute Gasteiger partial charge is 0.318 e. The summed E-state index contributed by atoms with van der Waals surface area (Å²) in [6.45, 7) is 0.540. The second-order valence-electron chi connectivity index (χ2n) is 3.03. The van der Waals surface area contributed by atoms with Crippen LogP contribution in [0.15, 0.2) is 0 Å². The Morgan fingerprint density at radius 1 is 0.923 bits per heavy atom. The molecule has 0 aliphatic carbocycles. The van der Waals surface area contributed by atoms with Gasteiger partial charge in [-0.05, 0) is 13.3 Å². The Labute approximate surface area is 70.9 Å². The van der Waals surface area contributed by atoms with Crippen molar-refractivity contribution in [1.29, 1.82) is 0 Å². The van der Waals surface area contributed by atoms with E-state index in [1.54, 1.807) is 0 Å². The Kier molecular flexibility index (Phi) is 3.24. The Hall–Kier alpha value is -0.460. The summed E-state index contributed by atoms with van der Waals surface area (Å²) in [4.78, 5) is 0. The topological polar surface area (TPSA) is 26.0 Å². The molecule has 1 nitrogen and oxygen atoms in total. The lowest BCUT2D eigenvalue weighted by Crippen LogP contribution is -2.51. The lowest BCUT2D eigenvalue weighted by molar-refractivity contribution is -0.194. The zero-order valence-electron chi connectivity index (χ0n) is 6.76. The van der Waals surface area contributed by atoms with Gasteiger partial charge in [0.25, 0.3) is 0 Å². The monoisotopic (exact) mass is 209 g/mol. The Bertz CT molecular complexity index is 167. The summed E-state index contributed by atoms with van der Waals surface area (Å²) in [6, 6.07) is 0. The predicted octanol–water partition coefficient (Wildman–Crippen LogP) is 2.61. The van der Waals surface area contributed by atoms with Gasteiger partial charge in [0.15, 0.2) is 0 Å². The first-order chi connectivity index (χ1) is 5.46. The predicted molar refractivity (Wildman–Crippen MR) is 33.9 cm³/mol. The van der Waals surface area contributed by atoms with Crippen molar-refractivity contribution in [1.82, 2.24) is 0 Å². The van der Waals surface area contributed by atoms with Crippen molar-refractivity contribution in [3.8, 4) is 0 Å². The second-order valence-corrected chi connectivity index (χ2v) is 3.03. The molecule has 0 aromatic rings. The number of alkyl halides is 6. The largest absolute Gasteiger partial charge is 0.406 e. The molecule has 0 saturated carbocycles. The van der Waals surface area contributed by atoms with Gasteiger partial charge in [-0.25, -0.2) is 0 Å². The normalized spacial score (nSPS) is 18.5. The lowest BCUT2D eigenvalue weighted by Gasteiger charge is -2.27. The molecule has 0 aromatic carbocycles. The quantitative estimate of drug-likeness (QED) is 0.695. The molecular weight excluding hydrogens is 200 g/mol. The van der Waals surface area contributed by atoms with Crippen LogP contribution in [0.1, 0.15) is 19.8 Å². The molecule has 0 spiro atoms. The molecule has 0 aliphatic heterocycles. The van der Waals surface area contributed by atoms with E-state index in [0.717, 1.165) is 0 Å². The highest BCUT2D eigenvalue weighted by atomic mass is 19.4. The first kappa shape index (κ1) is 12.5. The summed E-state index contributed by atoms with van der Waals surface area (Å²) in [5.74, 6) is 0. The summed E-state index contributed by atoms with van der Waals surface area (Å²) in [6.07, 6.45) is -12.1. The molecule has 7 heteroatoms. The number of rotatable bonds is 2. The van der Waals surface area contributed by atoms with E-state index in [2.05, 4.69) is 5.73 Å². The minimum absolute atomic E-state index is 0.540. The molecule has 0 aliphatic rings. The van der Waals surface area contributed by atoms with Crippen LogP contribution in [-0.4, -0.2) is 17.9 Å². The van der Waals surface area contributed by atoms with Crippen LogP contribution in [0.25, 0.3) is 0 Å². The fraction of sp³-hybridized carbons (Fsp3) is 1.00. The van der Waals surface area contributed by atoms with Gasteiger partial charge in [-0.15, -0.1) is 0 Å². The molecule has 80 valence electrons. The molecule has 2 N–H and O–H groups in total. The Balaban J connectivity index is 4.21. The summed E-state index contributed by atoms with van der Waals surface area (Å²) in [7, 11) is 0. The number of nitrogens with two attached hydrogens (primary N) is 1. The highest BCUT2D eigenvalue weighted by Gasteiger charge is 2.49. The van der Waals surface area contributed by atoms with Crippen LogP contribution in [0.5, 0.6) is 0 Å². The maximum Gasteiger partial charge on any atom is 0.406 e. The summed E-state index contributed by atoms with van der Waals surface area (Å²) >= 11 is 0. The van der Waals surface area contributed by atoms with Gasteiger partial charge in [-0.3, -0.25) is 0 Å². The number of halogens is 6. The molecule has 0 bridgehead atoms. The maximum absolute atomic E-state index is 11.9. The SMILES string of the molecule is CC(N)(CCC(F)(F)F)C(F)(F)F. The van der Waals surface area contributed by atoms with Crippen molar-refractivity contribution >= 4 is 0 Å². The summed E-state index contributed by atoms with van der Waals surface area (Å²) in [5.41, 5.74) is 1.90. The van der Waals surface area contributed by atoms with Crippen LogP contribution >= 0.6 is 0 Å². The number of hydrogen-bond donors (Lipinski definition) is 1. The van der Waals surface area contributed by atoms with Crippen LogP contribution < -0.4 is 5.73 Å². The minimum atomic E-state index is -4.81. The van der Waals surface area contributed by atoms with Crippen molar-refractivity contribution in [3.05, 3.63) is 0 Å². The zero-order chi connectivity index (χ0) is 10.9. The van der Waals surface area contributed by atoms with Crippen LogP contribution in [0.3, 0.4) is 0 Å². The molecule has 1 unspecified atom stereocenters. The van der Waals surface area contributed by atoms with E-state index >= 15 is 0 Å². The van der Waals surface area contributed by atoms with Crippen molar-refractivity contribution < 1.29 is 26.3 Å². The first-order valence-electron chi connectivity index (χ1n) is 3.38. The zero-order valence-corrected chi connectivity index (χ0v) is 6.76. The van der Waals surface area contributed by atoms with Gasteiger partial charge in [0, 0.05) is 6.42 Å². The molecule has 13 heavy (non-hydrogen) atoms. The molecule has 0 rings (SSSR count). The van der Waals surface area contributed by atoms with Crippen LogP contribution in [0, 0.1) is 0 Å². The molecule has 0 fully saturated rings. The van der Waals surface area contributed by atoms with E-state index < -0.39 is 30.7 Å². The van der Waals surface area contributed by atoms with Crippen molar-refractivity contribution in [2.45, 2.75) is 37.7 Å². The van der Waals surface area contributed by atoms with Crippen molar-refractivity contribution in [2.24, 2.45) is 5.73 Å². The van der Waals surface area contributed by atoms with E-state index in [1.165, 1.54) is 0 Å². The molecule has 1 atom stereocenters. The van der Waals surface area contributed by atoms with E-state index in [1.807, 2.05) is 0 Å². The maximum atomic E-state index is 11.9. The van der Waals surface area contributed by atoms with Gasteiger partial charge in [-0.2, -0.15) is 26.3 Å². The fourth-order valence-corrected chi connectivity index (χ4v) is 0.543. The average Bonchev–Trinajstić information content (AvgIpc) is 1.79. The van der Waals surface area contributed by atoms with Gasteiger partial charge in [0.05, 0.1) is 0 Å². The highest BCUT2D eigenvalue weighted by molar-refractivity contribution is 4.87. The standard InChI is InChI=1S/C6H9F6N/c1-4(13,6(10,11)12)2-3-5(7,8)9/h2-3,13H2,1H3. The molecular formula is C6H9F6N. The van der Waals surface area contributed by atoms with Gasteiger partial charge in [0.1, 0.15) is 5.54 Å². The summed E-state index contributed by atoms with van der Waals surface area (Å²) < 4.78 is 70.4. The van der Waals surface area contributed by atoms with Gasteiger partial charge < -0.3 is 5.73 Å². The molecule has 0 amide bonds. The lowest BCUT2D eigenvalue weighted by atomic mass is 9.96. The van der Waals surface area contributed by atoms with Crippen LogP contribution in [0.2, 0.25) is 0 Å². The average molecular weight is 209 g/mol. The van der Waals surface area contributed by atoms with Crippen LogP contribution in [-0.2, 0) is 0 Å². The number of hydrogen-bond acceptors (Lipinski definition) is 1. The molecule has 0 radical (unpaired) electrons. The van der Waals surface area contributed by atoms with Crippen molar-refractivity contribution in [2.75, 3.05) is 0 Å². The third-order valence-corrected chi connectivity index (χ3v) is 1.58. The molecule has 0 saturated heterocycles. The Morgan fingerprint density at radius 3 is 1.54 bits per heavy atom. The van der Waals surface area contributed by atoms with E-state index in [9.17, 15) is 26.3 Å². The fourth-order valence-electron chi connectivity index (χ4n) is 0.543. The summed E-state index contributed by atoms with van der Waals surface area (Å²) in [5, 5.41) is 0. The van der Waals surface area contributed by atoms with Crippen LogP contribution in [0.4, 0.5) is 26.3 Å². The van der Waals surface area contributed by atoms with Gasteiger partial charge in [0.2, 0.25) is 0 Å². The third-order valence-electron chi connectivity index (χ3n) is 1.58. The van der Waals surface area contributed by atoms with Gasteiger partial charge in [-0.1, -0.05) is 0 Å². The molecule has 0 aromatic heterocycles. The van der Waals surface area contributed by atoms with E-state index in [-0.39, 0.29) is 0 Å². The van der Waals surface area contributed by atoms with E-state index in [4.69, 9.17) is 0 Å². The van der Waals surface area contributed by atoms with Gasteiger partial charge >= 0.3 is 12.4 Å². The minimum Gasteiger partial charge on any atom is -0.318 e. The van der Waals surface area contributed by atoms with E-state index in [0.29, 0.717) is 6.92 Å². The third kappa shape index (κ3) is 4.35. The second kappa shape index (κ2) is 3.36. The molecule has 0 heterocycles. The Morgan fingerprint density at radius 2 is 1.31 bits per heavy atom. The van der Waals surface area contributed by atoms with Crippen molar-refractivity contribution in [3.63, 3.8) is 0 Å².